The van der Waals surface area contributed by atoms with Crippen LogP contribution in [0, 0.1) is 6.92 Å². The molecule has 1 aliphatic carbocycles. The van der Waals surface area contributed by atoms with E-state index in [1.54, 1.807) is 13.0 Å². The summed E-state index contributed by atoms with van der Waals surface area (Å²) < 4.78 is 10.3. The maximum Gasteiger partial charge on any atom is 0.340 e. The highest BCUT2D eigenvalue weighted by atomic mass is 16.5. The first kappa shape index (κ1) is 23.5. The molecule has 2 aromatic carbocycles. The first-order valence-electron chi connectivity index (χ1n) is 11.7. The Balaban J connectivity index is 1.35. The number of hydrogen-bond acceptors (Lipinski definition) is 7. The fourth-order valence-corrected chi connectivity index (χ4v) is 5.20. The van der Waals surface area contributed by atoms with Crippen LogP contribution in [0.2, 0.25) is 0 Å². The molecule has 184 valence electrons. The smallest absolute Gasteiger partial charge is 0.340 e. The summed E-state index contributed by atoms with van der Waals surface area (Å²) in [5.74, 6) is -1.85. The lowest BCUT2D eigenvalue weighted by atomic mass is 9.76. The zero-order chi connectivity index (χ0) is 25.4. The Hall–Kier alpha value is -4.27. The number of aromatic nitrogens is 1. The second-order valence-corrected chi connectivity index (χ2v) is 8.97. The maximum atomic E-state index is 13.4. The van der Waals surface area contributed by atoms with Gasteiger partial charge in [0.1, 0.15) is 18.7 Å². The number of ether oxygens (including phenoxy) is 2. The molecule has 2 heterocycles. The lowest BCUT2D eigenvalue weighted by Gasteiger charge is -2.33. The van der Waals surface area contributed by atoms with Gasteiger partial charge in [-0.1, -0.05) is 42.5 Å². The minimum absolute atomic E-state index is 0.219. The summed E-state index contributed by atoms with van der Waals surface area (Å²) in [4.78, 5) is 56.8. The van der Waals surface area contributed by atoms with Crippen LogP contribution in [0.3, 0.4) is 0 Å². The van der Waals surface area contributed by atoms with Crippen LogP contribution in [0.25, 0.3) is 10.9 Å². The highest BCUT2D eigenvalue weighted by molar-refractivity contribution is 6.09. The second-order valence-electron chi connectivity index (χ2n) is 8.97. The van der Waals surface area contributed by atoms with Crippen LogP contribution in [-0.4, -0.2) is 47.4 Å². The van der Waals surface area contributed by atoms with E-state index in [0.29, 0.717) is 17.5 Å². The average molecular weight is 488 g/mol. The minimum atomic E-state index is -1.17. The van der Waals surface area contributed by atoms with Gasteiger partial charge in [-0.2, -0.15) is 0 Å². The number of hydrogen-bond donors (Lipinski definition) is 1. The Morgan fingerprint density at radius 2 is 1.86 bits per heavy atom. The fraction of sp³-hybridized carbons (Fsp3) is 0.296. The van der Waals surface area contributed by atoms with Crippen molar-refractivity contribution in [2.24, 2.45) is 0 Å². The van der Waals surface area contributed by atoms with Gasteiger partial charge in [-0.25, -0.2) is 14.6 Å². The molecule has 1 fully saturated rings. The third-order valence-electron chi connectivity index (χ3n) is 6.92. The van der Waals surface area contributed by atoms with E-state index < -0.39 is 36.0 Å². The molecule has 3 aromatic rings. The molecule has 2 aliphatic rings. The number of rotatable bonds is 5. The van der Waals surface area contributed by atoms with Gasteiger partial charge in [0, 0.05) is 5.39 Å². The van der Waals surface area contributed by atoms with Crippen LogP contribution >= 0.6 is 0 Å². The van der Waals surface area contributed by atoms with Crippen molar-refractivity contribution < 1.29 is 28.7 Å². The largest absolute Gasteiger partial charge is 0.465 e. The molecular weight excluding hydrogens is 462 g/mol. The summed E-state index contributed by atoms with van der Waals surface area (Å²) in [6.07, 6.45) is 2.03. The molecule has 1 unspecified atom stereocenters. The molecule has 0 radical (unpaired) electrons. The molecule has 1 aromatic heterocycles. The Bertz CT molecular complexity index is 1420. The van der Waals surface area contributed by atoms with Gasteiger partial charge in [0.15, 0.2) is 0 Å². The number of benzene rings is 2. The third kappa shape index (κ3) is 3.77. The van der Waals surface area contributed by atoms with E-state index in [-0.39, 0.29) is 17.9 Å². The van der Waals surface area contributed by atoms with Crippen molar-refractivity contribution >= 4 is 34.8 Å². The molecule has 1 saturated heterocycles. The average Bonchev–Trinajstić information content (AvgIpc) is 3.12. The van der Waals surface area contributed by atoms with E-state index in [0.717, 1.165) is 34.3 Å². The zero-order valence-electron chi connectivity index (χ0n) is 20.0. The highest BCUT2D eigenvalue weighted by Gasteiger charge is 2.54. The molecule has 9 nitrogen and oxygen atoms in total. The number of esters is 2. The van der Waals surface area contributed by atoms with Gasteiger partial charge in [-0.15, -0.1) is 0 Å². The number of nitrogens with one attached hydrogen (secondary N) is 1. The van der Waals surface area contributed by atoms with Gasteiger partial charge in [-0.3, -0.25) is 14.5 Å². The molecule has 1 aliphatic heterocycles. The summed E-state index contributed by atoms with van der Waals surface area (Å²) in [5, 5.41) is 3.60. The number of methoxy groups -OCH3 is 1. The van der Waals surface area contributed by atoms with E-state index in [2.05, 4.69) is 10.3 Å². The molecular formula is C27H25N3O6. The zero-order valence-corrected chi connectivity index (χ0v) is 20.0. The topological polar surface area (TPSA) is 115 Å². The van der Waals surface area contributed by atoms with Crippen LogP contribution in [0.15, 0.2) is 48.5 Å². The van der Waals surface area contributed by atoms with E-state index in [1.165, 1.54) is 7.11 Å². The van der Waals surface area contributed by atoms with Gasteiger partial charge < -0.3 is 14.8 Å². The quantitative estimate of drug-likeness (QED) is 0.434. The number of carbonyl (C=O) groups is 4. The summed E-state index contributed by atoms with van der Waals surface area (Å²) in [7, 11) is 1.27. The van der Waals surface area contributed by atoms with Crippen LogP contribution in [0.5, 0.6) is 0 Å². The van der Waals surface area contributed by atoms with Crippen molar-refractivity contribution in [3.63, 3.8) is 0 Å². The molecule has 5 rings (SSSR count). The van der Waals surface area contributed by atoms with Crippen LogP contribution < -0.4 is 5.32 Å². The number of pyridine rings is 1. The SMILES string of the molecule is COC(=O)c1c(COC(=O)CN2C(=O)NC3(CCCc4ccccc43)C2=O)nc2ccccc2c1C. The summed E-state index contributed by atoms with van der Waals surface area (Å²) in [6.45, 7) is 0.914. The number of para-hydroxylation sites is 1. The summed E-state index contributed by atoms with van der Waals surface area (Å²) in [5.41, 5.74) is 2.37. The maximum absolute atomic E-state index is 13.4. The van der Waals surface area contributed by atoms with E-state index in [4.69, 9.17) is 9.47 Å². The number of aryl methyl sites for hydroxylation is 2. The summed E-state index contributed by atoms with van der Waals surface area (Å²) >= 11 is 0. The predicted octanol–water partition coefficient (Wildman–Crippen LogP) is 3.16. The van der Waals surface area contributed by atoms with Crippen LogP contribution in [-0.2, 0) is 37.6 Å². The Labute approximate surface area is 207 Å². The van der Waals surface area contributed by atoms with Gasteiger partial charge in [0.2, 0.25) is 0 Å². The molecule has 1 spiro atoms. The molecule has 1 atom stereocenters. The van der Waals surface area contributed by atoms with E-state index in [9.17, 15) is 19.2 Å². The second kappa shape index (κ2) is 9.07. The lowest BCUT2D eigenvalue weighted by Crippen LogP contribution is -2.46. The molecule has 0 bridgehead atoms. The standard InChI is InChI=1S/C27H25N3O6/c1-16-18-10-4-6-12-20(18)28-21(23(16)24(32)35-2)15-36-22(31)14-30-25(33)27(29-26(30)34)13-7-9-17-8-3-5-11-19(17)27/h3-6,8,10-12H,7,9,13-15H2,1-2H3,(H,29,34). The molecule has 3 amide bonds. The van der Waals surface area contributed by atoms with Gasteiger partial charge in [0.25, 0.3) is 5.91 Å². The normalized spacial score (nSPS) is 18.8. The van der Waals surface area contributed by atoms with Crippen molar-refractivity contribution in [1.82, 2.24) is 15.2 Å². The summed E-state index contributed by atoms with van der Waals surface area (Å²) in [6, 6.07) is 14.2. The number of nitrogens with zero attached hydrogens (tertiary/aromatic N) is 2. The first-order chi connectivity index (χ1) is 17.4. The van der Waals surface area contributed by atoms with Crippen molar-refractivity contribution in [2.45, 2.75) is 38.3 Å². The number of amides is 3. The van der Waals surface area contributed by atoms with E-state index in [1.807, 2.05) is 42.5 Å². The molecule has 1 N–H and O–H groups in total. The number of urea groups is 1. The van der Waals surface area contributed by atoms with Crippen LogP contribution in [0.1, 0.15) is 45.6 Å². The van der Waals surface area contributed by atoms with E-state index >= 15 is 0 Å². The first-order valence-corrected chi connectivity index (χ1v) is 11.7. The van der Waals surface area contributed by atoms with Gasteiger partial charge in [0.05, 0.1) is 23.9 Å². The van der Waals surface area contributed by atoms with Gasteiger partial charge in [-0.05, 0) is 48.9 Å². The van der Waals surface area contributed by atoms with Crippen molar-refractivity contribution in [1.29, 1.82) is 0 Å². The highest BCUT2D eigenvalue weighted by Crippen LogP contribution is 2.39. The van der Waals surface area contributed by atoms with Crippen molar-refractivity contribution in [3.8, 4) is 0 Å². The van der Waals surface area contributed by atoms with Crippen LogP contribution in [0.4, 0.5) is 4.79 Å². The lowest BCUT2D eigenvalue weighted by molar-refractivity contribution is -0.149. The molecule has 9 heteroatoms. The number of fused-ring (bicyclic) bond motifs is 3. The number of imide groups is 1. The van der Waals surface area contributed by atoms with Crippen molar-refractivity contribution in [2.75, 3.05) is 13.7 Å². The Morgan fingerprint density at radius 1 is 1.11 bits per heavy atom. The van der Waals surface area contributed by atoms with Gasteiger partial charge >= 0.3 is 18.0 Å². The number of carbonyl (C=O) groups excluding carboxylic acids is 4. The van der Waals surface area contributed by atoms with Crippen molar-refractivity contribution in [3.05, 3.63) is 76.5 Å². The minimum Gasteiger partial charge on any atom is -0.465 e. The molecule has 0 saturated carbocycles. The Morgan fingerprint density at radius 3 is 2.67 bits per heavy atom. The predicted molar refractivity (Wildman–Crippen MR) is 129 cm³/mol. The molecule has 36 heavy (non-hydrogen) atoms. The Kier molecular flexibility index (Phi) is 5.91. The fourth-order valence-electron chi connectivity index (χ4n) is 5.20. The third-order valence-corrected chi connectivity index (χ3v) is 6.92. The monoisotopic (exact) mass is 487 g/mol.